The molecular formula is C22H28N4O2. The predicted molar refractivity (Wildman–Crippen MR) is 113 cm³/mol. The molecule has 0 aliphatic carbocycles. The second kappa shape index (κ2) is 9.37. The lowest BCUT2D eigenvalue weighted by Crippen LogP contribution is -2.27. The zero-order valence-corrected chi connectivity index (χ0v) is 16.8. The van der Waals surface area contributed by atoms with Gasteiger partial charge in [0.2, 0.25) is 5.95 Å². The van der Waals surface area contributed by atoms with Gasteiger partial charge < -0.3 is 14.2 Å². The summed E-state index contributed by atoms with van der Waals surface area (Å²) in [6.45, 7) is 10.5. The number of imidazole rings is 1. The van der Waals surface area contributed by atoms with Crippen molar-refractivity contribution < 1.29 is 9.53 Å². The number of amides is 1. The maximum atomic E-state index is 12.7. The van der Waals surface area contributed by atoms with Gasteiger partial charge in [0.25, 0.3) is 5.91 Å². The highest BCUT2D eigenvalue weighted by Gasteiger charge is 2.15. The van der Waals surface area contributed by atoms with Crippen LogP contribution in [0.5, 0.6) is 5.75 Å². The predicted octanol–water partition coefficient (Wildman–Crippen LogP) is 4.03. The average molecular weight is 380 g/mol. The van der Waals surface area contributed by atoms with E-state index in [4.69, 9.17) is 4.74 Å². The molecule has 0 aliphatic heterocycles. The Bertz CT molecular complexity index is 914. The monoisotopic (exact) mass is 380 g/mol. The highest BCUT2D eigenvalue weighted by atomic mass is 16.5. The minimum Gasteiger partial charge on any atom is -0.494 e. The van der Waals surface area contributed by atoms with E-state index in [1.165, 1.54) is 0 Å². The molecule has 0 unspecified atom stereocenters. The number of hydrogen-bond acceptors (Lipinski definition) is 4. The molecule has 1 amide bonds. The van der Waals surface area contributed by atoms with E-state index in [0.717, 1.165) is 43.0 Å². The van der Waals surface area contributed by atoms with Crippen LogP contribution < -0.4 is 10.1 Å². The summed E-state index contributed by atoms with van der Waals surface area (Å²) in [7, 11) is 0. The van der Waals surface area contributed by atoms with Crippen LogP contribution in [0.4, 0.5) is 5.95 Å². The molecule has 6 heteroatoms. The van der Waals surface area contributed by atoms with Crippen LogP contribution in [0.2, 0.25) is 0 Å². The van der Waals surface area contributed by atoms with Gasteiger partial charge in [-0.15, -0.1) is 0 Å². The van der Waals surface area contributed by atoms with Gasteiger partial charge in [-0.25, -0.2) is 4.98 Å². The van der Waals surface area contributed by atoms with Crippen molar-refractivity contribution in [1.82, 2.24) is 14.5 Å². The Morgan fingerprint density at radius 2 is 1.79 bits per heavy atom. The van der Waals surface area contributed by atoms with Gasteiger partial charge in [-0.05, 0) is 56.4 Å². The van der Waals surface area contributed by atoms with Crippen molar-refractivity contribution in [3.8, 4) is 5.75 Å². The molecular weight excluding hydrogens is 352 g/mol. The quantitative estimate of drug-likeness (QED) is 0.609. The minimum atomic E-state index is -0.178. The van der Waals surface area contributed by atoms with Crippen LogP contribution in [0.15, 0.2) is 48.5 Å². The number of fused-ring (bicyclic) bond motifs is 1. The van der Waals surface area contributed by atoms with Crippen LogP contribution in [-0.2, 0) is 6.54 Å². The summed E-state index contributed by atoms with van der Waals surface area (Å²) >= 11 is 0. The lowest BCUT2D eigenvalue weighted by molar-refractivity contribution is 0.102. The number of benzene rings is 2. The number of para-hydroxylation sites is 2. The number of anilines is 1. The molecule has 148 valence electrons. The Kier molecular flexibility index (Phi) is 6.66. The lowest BCUT2D eigenvalue weighted by Gasteiger charge is -2.19. The van der Waals surface area contributed by atoms with Crippen molar-refractivity contribution in [3.05, 3.63) is 54.1 Å². The first kappa shape index (κ1) is 19.9. The van der Waals surface area contributed by atoms with Crippen LogP contribution in [0.3, 0.4) is 0 Å². The van der Waals surface area contributed by atoms with Gasteiger partial charge in [0.1, 0.15) is 5.75 Å². The molecule has 0 fully saturated rings. The third kappa shape index (κ3) is 4.51. The maximum absolute atomic E-state index is 12.7. The molecule has 6 nitrogen and oxygen atoms in total. The van der Waals surface area contributed by atoms with Crippen molar-refractivity contribution in [1.29, 1.82) is 0 Å². The van der Waals surface area contributed by atoms with Crippen molar-refractivity contribution in [3.63, 3.8) is 0 Å². The zero-order chi connectivity index (χ0) is 19.9. The fourth-order valence-electron chi connectivity index (χ4n) is 3.22. The molecule has 3 aromatic rings. The van der Waals surface area contributed by atoms with Crippen molar-refractivity contribution in [2.45, 2.75) is 27.3 Å². The summed E-state index contributed by atoms with van der Waals surface area (Å²) in [6.07, 6.45) is 0. The third-order valence-corrected chi connectivity index (χ3v) is 4.84. The molecule has 0 radical (unpaired) electrons. The summed E-state index contributed by atoms with van der Waals surface area (Å²) in [6, 6.07) is 15.1. The van der Waals surface area contributed by atoms with Crippen LogP contribution in [0.25, 0.3) is 11.0 Å². The van der Waals surface area contributed by atoms with Gasteiger partial charge in [0.05, 0.1) is 17.6 Å². The van der Waals surface area contributed by atoms with Crippen LogP contribution in [-0.4, -0.2) is 46.6 Å². The lowest BCUT2D eigenvalue weighted by atomic mass is 10.2. The highest BCUT2D eigenvalue weighted by molar-refractivity contribution is 6.04. The van der Waals surface area contributed by atoms with Gasteiger partial charge in [-0.3, -0.25) is 10.1 Å². The second-order valence-electron chi connectivity index (χ2n) is 6.51. The first-order valence-corrected chi connectivity index (χ1v) is 9.88. The second-order valence-corrected chi connectivity index (χ2v) is 6.51. The van der Waals surface area contributed by atoms with Gasteiger partial charge in [0.15, 0.2) is 0 Å². The smallest absolute Gasteiger partial charge is 0.257 e. The summed E-state index contributed by atoms with van der Waals surface area (Å²) in [5, 5.41) is 2.98. The molecule has 2 aromatic carbocycles. The Morgan fingerprint density at radius 1 is 1.07 bits per heavy atom. The number of likely N-dealkylation sites (N-methyl/N-ethyl adjacent to an activating group) is 1. The molecule has 0 aliphatic rings. The van der Waals surface area contributed by atoms with Gasteiger partial charge in [-0.2, -0.15) is 0 Å². The number of carbonyl (C=O) groups is 1. The largest absolute Gasteiger partial charge is 0.494 e. The normalized spacial score (nSPS) is 11.1. The Balaban J connectivity index is 1.83. The molecule has 1 heterocycles. The molecule has 0 spiro atoms. The number of nitrogens with one attached hydrogen (secondary N) is 1. The van der Waals surface area contributed by atoms with Crippen LogP contribution in [0.1, 0.15) is 31.1 Å². The van der Waals surface area contributed by atoms with Crippen molar-refractivity contribution in [2.75, 3.05) is 31.6 Å². The first-order chi connectivity index (χ1) is 13.7. The Morgan fingerprint density at radius 3 is 2.46 bits per heavy atom. The number of aromatic nitrogens is 2. The molecule has 3 rings (SSSR count). The van der Waals surface area contributed by atoms with E-state index < -0.39 is 0 Å². The summed E-state index contributed by atoms with van der Waals surface area (Å²) in [5.74, 6) is 1.15. The summed E-state index contributed by atoms with van der Waals surface area (Å²) in [5.41, 5.74) is 2.48. The van der Waals surface area contributed by atoms with Crippen molar-refractivity contribution in [2.24, 2.45) is 0 Å². The van der Waals surface area contributed by atoms with Gasteiger partial charge >= 0.3 is 0 Å². The Hall–Kier alpha value is -2.86. The van der Waals surface area contributed by atoms with E-state index in [1.54, 1.807) is 12.1 Å². The fourth-order valence-corrected chi connectivity index (χ4v) is 3.22. The molecule has 0 atom stereocenters. The van der Waals surface area contributed by atoms with E-state index in [0.29, 0.717) is 18.1 Å². The molecule has 1 aromatic heterocycles. The standard InChI is InChI=1S/C22H28N4O2/c1-4-25(5-2)15-16-26-20-10-8-7-9-19(20)23-22(26)24-21(27)17-11-13-18(14-12-17)28-6-3/h7-14H,4-6,15-16H2,1-3H3,(H,23,24,27). The Labute approximate surface area is 166 Å². The molecule has 0 bridgehead atoms. The number of hydrogen-bond donors (Lipinski definition) is 1. The highest BCUT2D eigenvalue weighted by Crippen LogP contribution is 2.21. The van der Waals surface area contributed by atoms with Gasteiger partial charge in [0, 0.05) is 18.7 Å². The summed E-state index contributed by atoms with van der Waals surface area (Å²) in [4.78, 5) is 19.7. The number of ether oxygens (including phenoxy) is 1. The fraction of sp³-hybridized carbons (Fsp3) is 0.364. The van der Waals surface area contributed by atoms with Crippen LogP contribution >= 0.6 is 0 Å². The van der Waals surface area contributed by atoms with Crippen LogP contribution in [0, 0.1) is 0 Å². The maximum Gasteiger partial charge on any atom is 0.257 e. The molecule has 1 N–H and O–H groups in total. The number of carbonyl (C=O) groups excluding carboxylic acids is 1. The average Bonchev–Trinajstić information content (AvgIpc) is 3.06. The topological polar surface area (TPSA) is 59.4 Å². The van der Waals surface area contributed by atoms with E-state index in [-0.39, 0.29) is 5.91 Å². The van der Waals surface area contributed by atoms with Crippen molar-refractivity contribution >= 4 is 22.9 Å². The van der Waals surface area contributed by atoms with Gasteiger partial charge in [-0.1, -0.05) is 26.0 Å². The third-order valence-electron chi connectivity index (χ3n) is 4.84. The van der Waals surface area contributed by atoms with E-state index in [9.17, 15) is 4.79 Å². The molecule has 0 saturated carbocycles. The van der Waals surface area contributed by atoms with E-state index in [1.807, 2.05) is 43.3 Å². The molecule has 28 heavy (non-hydrogen) atoms. The minimum absolute atomic E-state index is 0.178. The molecule has 0 saturated heterocycles. The summed E-state index contributed by atoms with van der Waals surface area (Å²) < 4.78 is 7.52. The van der Waals surface area contributed by atoms with E-state index in [2.05, 4.69) is 33.6 Å². The van der Waals surface area contributed by atoms with E-state index >= 15 is 0 Å². The first-order valence-electron chi connectivity index (χ1n) is 9.88. The zero-order valence-electron chi connectivity index (χ0n) is 16.8. The number of nitrogens with zero attached hydrogens (tertiary/aromatic N) is 3. The SMILES string of the molecule is CCOc1ccc(C(=O)Nc2nc3ccccc3n2CCN(CC)CC)cc1. The number of rotatable bonds is 9.